The van der Waals surface area contributed by atoms with Crippen LogP contribution in [0.25, 0.3) is 16.8 Å². The van der Waals surface area contributed by atoms with E-state index >= 15 is 0 Å². The van der Waals surface area contributed by atoms with Crippen LogP contribution in [0.2, 0.25) is 5.02 Å². The van der Waals surface area contributed by atoms with Crippen molar-refractivity contribution in [2.75, 3.05) is 10.6 Å². The van der Waals surface area contributed by atoms with Gasteiger partial charge in [0, 0.05) is 27.4 Å². The van der Waals surface area contributed by atoms with Gasteiger partial charge in [-0.1, -0.05) is 72.3 Å². The quantitative estimate of drug-likeness (QED) is 0.114. The second kappa shape index (κ2) is 14.0. The standard InChI is InChI=1S/C35H27ClFN3O3S/c1-22(33(41)38-27-18-17-23-9-5-6-12-25(23)19-27)44-28-14-7-13-26(20-28)39-35(43)32(21-29-30(36)15-8-16-31(29)37)40-34(42)24-10-3-2-4-11-24/h2-22H,1H3,(H,38,41)(H,39,43)(H,40,42)/b32-21+. The van der Waals surface area contributed by atoms with Gasteiger partial charge >= 0.3 is 0 Å². The molecular weight excluding hydrogens is 597 g/mol. The minimum atomic E-state index is -0.683. The van der Waals surface area contributed by atoms with Gasteiger partial charge in [-0.05, 0) is 78.4 Å². The molecule has 0 heterocycles. The molecule has 5 rings (SSSR count). The molecule has 0 aromatic heterocycles. The number of anilines is 2. The van der Waals surface area contributed by atoms with Gasteiger partial charge in [-0.2, -0.15) is 0 Å². The number of amides is 3. The highest BCUT2D eigenvalue weighted by Crippen LogP contribution is 2.28. The van der Waals surface area contributed by atoms with Crippen LogP contribution in [0.5, 0.6) is 0 Å². The summed E-state index contributed by atoms with van der Waals surface area (Å²) < 4.78 is 14.6. The number of hydrogen-bond donors (Lipinski definition) is 3. The molecule has 3 amide bonds. The lowest BCUT2D eigenvalue weighted by Gasteiger charge is -2.14. The second-order valence-corrected chi connectivity index (χ2v) is 11.6. The van der Waals surface area contributed by atoms with Crippen LogP contribution in [0.15, 0.2) is 126 Å². The minimum Gasteiger partial charge on any atom is -0.325 e. The molecule has 1 unspecified atom stereocenters. The van der Waals surface area contributed by atoms with Crippen LogP contribution in [-0.2, 0) is 9.59 Å². The van der Waals surface area contributed by atoms with E-state index in [1.807, 2.05) is 48.5 Å². The fraction of sp³-hybridized carbons (Fsp3) is 0.0571. The Kier molecular flexibility index (Phi) is 9.74. The van der Waals surface area contributed by atoms with Gasteiger partial charge in [-0.3, -0.25) is 14.4 Å². The third-order valence-electron chi connectivity index (χ3n) is 6.61. The van der Waals surface area contributed by atoms with E-state index in [4.69, 9.17) is 11.6 Å². The summed E-state index contributed by atoms with van der Waals surface area (Å²) in [7, 11) is 0. The molecule has 44 heavy (non-hydrogen) atoms. The molecule has 0 aliphatic heterocycles. The number of benzene rings is 5. The summed E-state index contributed by atoms with van der Waals surface area (Å²) >= 11 is 7.52. The first kappa shape index (κ1) is 30.5. The molecule has 220 valence electrons. The summed E-state index contributed by atoms with van der Waals surface area (Å²) in [6.45, 7) is 1.80. The van der Waals surface area contributed by atoms with E-state index in [1.54, 1.807) is 55.5 Å². The van der Waals surface area contributed by atoms with Crippen molar-refractivity contribution in [2.24, 2.45) is 0 Å². The van der Waals surface area contributed by atoms with Crippen molar-refractivity contribution >= 4 is 69.3 Å². The highest BCUT2D eigenvalue weighted by Gasteiger charge is 2.19. The molecule has 3 N–H and O–H groups in total. The molecule has 0 fully saturated rings. The van der Waals surface area contributed by atoms with Gasteiger partial charge in [0.2, 0.25) is 5.91 Å². The molecule has 0 saturated heterocycles. The van der Waals surface area contributed by atoms with E-state index < -0.39 is 22.9 Å². The van der Waals surface area contributed by atoms with E-state index in [9.17, 15) is 18.8 Å². The maximum absolute atomic E-state index is 14.6. The summed E-state index contributed by atoms with van der Waals surface area (Å²) in [6.07, 6.45) is 1.20. The van der Waals surface area contributed by atoms with Crippen molar-refractivity contribution in [1.82, 2.24) is 5.32 Å². The van der Waals surface area contributed by atoms with Crippen LogP contribution in [0.3, 0.4) is 0 Å². The summed E-state index contributed by atoms with van der Waals surface area (Å²) in [5.41, 5.74) is 1.20. The number of carbonyl (C=O) groups excluding carboxylic acids is 3. The number of thioether (sulfide) groups is 1. The molecule has 0 bridgehead atoms. The van der Waals surface area contributed by atoms with Crippen molar-refractivity contribution in [3.8, 4) is 0 Å². The van der Waals surface area contributed by atoms with E-state index in [-0.39, 0.29) is 22.2 Å². The zero-order valence-electron chi connectivity index (χ0n) is 23.5. The smallest absolute Gasteiger partial charge is 0.272 e. The third-order valence-corrected chi connectivity index (χ3v) is 8.03. The topological polar surface area (TPSA) is 87.3 Å². The van der Waals surface area contributed by atoms with Crippen LogP contribution in [-0.4, -0.2) is 23.0 Å². The summed E-state index contributed by atoms with van der Waals surface area (Å²) in [6, 6.07) is 33.1. The average molecular weight is 624 g/mol. The molecular formula is C35H27ClFN3O3S. The van der Waals surface area contributed by atoms with Crippen molar-refractivity contribution in [1.29, 1.82) is 0 Å². The van der Waals surface area contributed by atoms with Crippen molar-refractivity contribution in [3.05, 3.63) is 143 Å². The first-order valence-electron chi connectivity index (χ1n) is 13.7. The molecule has 9 heteroatoms. The first-order chi connectivity index (χ1) is 21.3. The Morgan fingerprint density at radius 2 is 1.48 bits per heavy atom. The van der Waals surface area contributed by atoms with Gasteiger partial charge in [-0.25, -0.2) is 4.39 Å². The molecule has 1 atom stereocenters. The normalized spacial score (nSPS) is 11.9. The van der Waals surface area contributed by atoms with E-state index in [0.29, 0.717) is 16.9 Å². The Hall–Kier alpha value is -4.92. The van der Waals surface area contributed by atoms with Gasteiger partial charge in [0.25, 0.3) is 11.8 Å². The monoisotopic (exact) mass is 623 g/mol. The van der Waals surface area contributed by atoms with Gasteiger partial charge in [0.1, 0.15) is 11.5 Å². The summed E-state index contributed by atoms with van der Waals surface area (Å²) in [5, 5.41) is 10.0. The molecule has 0 radical (unpaired) electrons. The largest absolute Gasteiger partial charge is 0.325 e. The number of nitrogens with one attached hydrogen (secondary N) is 3. The number of rotatable bonds is 9. The minimum absolute atomic E-state index is 0.0387. The lowest BCUT2D eigenvalue weighted by molar-refractivity contribution is -0.115. The molecule has 0 spiro atoms. The van der Waals surface area contributed by atoms with Crippen molar-refractivity contribution in [2.45, 2.75) is 17.1 Å². The van der Waals surface area contributed by atoms with Crippen LogP contribution < -0.4 is 16.0 Å². The van der Waals surface area contributed by atoms with Crippen LogP contribution in [0.1, 0.15) is 22.8 Å². The van der Waals surface area contributed by atoms with Gasteiger partial charge in [-0.15, -0.1) is 11.8 Å². The molecule has 5 aromatic carbocycles. The zero-order chi connectivity index (χ0) is 31.1. The van der Waals surface area contributed by atoms with Gasteiger partial charge in [0.05, 0.1) is 10.3 Å². The SMILES string of the molecule is CC(Sc1cccc(NC(=O)/C(=C\c2c(F)cccc2Cl)NC(=O)c2ccccc2)c1)C(=O)Nc1ccc2ccccc2c1. The van der Waals surface area contributed by atoms with E-state index in [0.717, 1.165) is 15.7 Å². The fourth-order valence-electron chi connectivity index (χ4n) is 4.35. The molecule has 5 aromatic rings. The number of carbonyl (C=O) groups is 3. The highest BCUT2D eigenvalue weighted by atomic mass is 35.5. The van der Waals surface area contributed by atoms with Crippen LogP contribution in [0, 0.1) is 5.82 Å². The Morgan fingerprint density at radius 3 is 2.25 bits per heavy atom. The average Bonchev–Trinajstić information content (AvgIpc) is 3.02. The predicted molar refractivity (Wildman–Crippen MR) is 176 cm³/mol. The lowest BCUT2D eigenvalue weighted by Crippen LogP contribution is -2.30. The maximum atomic E-state index is 14.6. The summed E-state index contributed by atoms with van der Waals surface area (Å²) in [4.78, 5) is 40.0. The Morgan fingerprint density at radius 1 is 0.773 bits per heavy atom. The van der Waals surface area contributed by atoms with E-state index in [2.05, 4.69) is 16.0 Å². The van der Waals surface area contributed by atoms with Crippen LogP contribution >= 0.6 is 23.4 Å². The van der Waals surface area contributed by atoms with Crippen LogP contribution in [0.4, 0.5) is 15.8 Å². The molecule has 0 aliphatic carbocycles. The Labute approximate surface area is 263 Å². The van der Waals surface area contributed by atoms with Gasteiger partial charge < -0.3 is 16.0 Å². The van der Waals surface area contributed by atoms with Crippen molar-refractivity contribution < 1.29 is 18.8 Å². The Balaban J connectivity index is 1.30. The predicted octanol–water partition coefficient (Wildman–Crippen LogP) is 8.16. The zero-order valence-corrected chi connectivity index (χ0v) is 25.1. The summed E-state index contributed by atoms with van der Waals surface area (Å²) in [5.74, 6) is -2.05. The van der Waals surface area contributed by atoms with Gasteiger partial charge in [0.15, 0.2) is 0 Å². The van der Waals surface area contributed by atoms with E-state index in [1.165, 1.54) is 36.0 Å². The Bertz CT molecular complexity index is 1860. The maximum Gasteiger partial charge on any atom is 0.272 e. The number of hydrogen-bond acceptors (Lipinski definition) is 4. The number of halogens is 2. The molecule has 6 nitrogen and oxygen atoms in total. The number of fused-ring (bicyclic) bond motifs is 1. The third kappa shape index (κ3) is 7.72. The fourth-order valence-corrected chi connectivity index (χ4v) is 5.49. The lowest BCUT2D eigenvalue weighted by atomic mass is 10.1. The first-order valence-corrected chi connectivity index (χ1v) is 14.9. The molecule has 0 saturated carbocycles. The second-order valence-electron chi connectivity index (χ2n) is 9.81. The highest BCUT2D eigenvalue weighted by molar-refractivity contribution is 8.00. The molecule has 0 aliphatic rings. The van der Waals surface area contributed by atoms with Crippen molar-refractivity contribution in [3.63, 3.8) is 0 Å².